The van der Waals surface area contributed by atoms with E-state index in [9.17, 15) is 0 Å². The molecule has 0 radical (unpaired) electrons. The maximum atomic E-state index is 9.11. The first-order valence-corrected chi connectivity index (χ1v) is 6.98. The van der Waals surface area contributed by atoms with Gasteiger partial charge in [0.1, 0.15) is 0 Å². The molecule has 1 heterocycles. The summed E-state index contributed by atoms with van der Waals surface area (Å²) >= 11 is 1.64. The van der Waals surface area contributed by atoms with Gasteiger partial charge in [0.05, 0.1) is 22.7 Å². The zero-order valence-corrected chi connectivity index (χ0v) is 11.4. The van der Waals surface area contributed by atoms with E-state index in [1.165, 1.54) is 0 Å². The fourth-order valence-electron chi connectivity index (χ4n) is 1.76. The van der Waals surface area contributed by atoms with E-state index in [0.29, 0.717) is 5.92 Å². The molecule has 0 saturated heterocycles. The molecule has 2 nitrogen and oxygen atoms in total. The Morgan fingerprint density at radius 3 is 2.61 bits per heavy atom. The van der Waals surface area contributed by atoms with Crippen molar-refractivity contribution in [2.45, 2.75) is 20.3 Å². The topological polar surface area (TPSA) is 36.7 Å². The largest absolute Gasteiger partial charge is 0.241 e. The van der Waals surface area contributed by atoms with Crippen LogP contribution in [-0.2, 0) is 6.42 Å². The van der Waals surface area contributed by atoms with Gasteiger partial charge < -0.3 is 0 Å². The van der Waals surface area contributed by atoms with Gasteiger partial charge in [-0.3, -0.25) is 0 Å². The molecule has 1 aromatic carbocycles. The van der Waals surface area contributed by atoms with E-state index >= 15 is 0 Å². The summed E-state index contributed by atoms with van der Waals surface area (Å²) in [5, 5.41) is 12.2. The molecule has 1 aromatic heterocycles. The van der Waals surface area contributed by atoms with E-state index < -0.39 is 0 Å². The molecule has 92 valence electrons. The highest BCUT2D eigenvalue weighted by Gasteiger charge is 2.15. The van der Waals surface area contributed by atoms with Gasteiger partial charge in [0, 0.05) is 17.4 Å². The first kappa shape index (κ1) is 12.8. The van der Waals surface area contributed by atoms with Crippen molar-refractivity contribution in [1.82, 2.24) is 4.98 Å². The van der Waals surface area contributed by atoms with Crippen molar-refractivity contribution >= 4 is 11.3 Å². The van der Waals surface area contributed by atoms with Crippen molar-refractivity contribution in [1.29, 1.82) is 5.26 Å². The number of hydrogen-bond donors (Lipinski definition) is 0. The second kappa shape index (κ2) is 5.79. The zero-order valence-electron chi connectivity index (χ0n) is 10.6. The van der Waals surface area contributed by atoms with E-state index in [4.69, 9.17) is 5.26 Å². The molecule has 2 rings (SSSR count). The summed E-state index contributed by atoms with van der Waals surface area (Å²) in [5.74, 6) is 0.429. The lowest BCUT2D eigenvalue weighted by atomic mass is 9.94. The van der Waals surface area contributed by atoms with Gasteiger partial charge in [0.2, 0.25) is 0 Å². The van der Waals surface area contributed by atoms with Gasteiger partial charge in [0.15, 0.2) is 0 Å². The lowest BCUT2D eigenvalue weighted by Gasteiger charge is -2.10. The molecular formula is C15H16N2S. The Labute approximate surface area is 112 Å². The van der Waals surface area contributed by atoms with Crippen molar-refractivity contribution in [2.75, 3.05) is 0 Å². The van der Waals surface area contributed by atoms with Crippen LogP contribution >= 0.6 is 11.3 Å². The maximum absolute atomic E-state index is 9.11. The van der Waals surface area contributed by atoms with Gasteiger partial charge in [-0.2, -0.15) is 5.26 Å². The molecular weight excluding hydrogens is 240 g/mol. The van der Waals surface area contributed by atoms with Gasteiger partial charge in [-0.1, -0.05) is 44.2 Å². The van der Waals surface area contributed by atoms with Crippen LogP contribution in [0.5, 0.6) is 0 Å². The highest BCUT2D eigenvalue weighted by molar-refractivity contribution is 7.09. The van der Waals surface area contributed by atoms with E-state index in [0.717, 1.165) is 22.7 Å². The minimum absolute atomic E-state index is 0.0553. The Balaban J connectivity index is 2.14. The third kappa shape index (κ3) is 2.96. The minimum atomic E-state index is 0.0553. The van der Waals surface area contributed by atoms with Crippen LogP contribution in [0, 0.1) is 23.2 Å². The molecule has 0 saturated carbocycles. The molecule has 0 spiro atoms. The molecule has 0 amide bonds. The number of thiazole rings is 1. The van der Waals surface area contributed by atoms with Gasteiger partial charge in [-0.15, -0.1) is 11.3 Å². The Morgan fingerprint density at radius 2 is 2.00 bits per heavy atom. The number of nitrogens with zero attached hydrogens (tertiary/aromatic N) is 2. The molecule has 0 bridgehead atoms. The lowest BCUT2D eigenvalue weighted by molar-refractivity contribution is 0.473. The van der Waals surface area contributed by atoms with Gasteiger partial charge in [0.25, 0.3) is 0 Å². The summed E-state index contributed by atoms with van der Waals surface area (Å²) < 4.78 is 0. The highest BCUT2D eigenvalue weighted by atomic mass is 32.1. The molecule has 0 aliphatic carbocycles. The number of hydrogen-bond acceptors (Lipinski definition) is 3. The van der Waals surface area contributed by atoms with Crippen LogP contribution in [0.15, 0.2) is 35.7 Å². The average molecular weight is 256 g/mol. The molecule has 1 atom stereocenters. The third-order valence-electron chi connectivity index (χ3n) is 2.99. The number of aromatic nitrogens is 1. The zero-order chi connectivity index (χ0) is 13.0. The first-order valence-electron chi connectivity index (χ1n) is 6.10. The van der Waals surface area contributed by atoms with Crippen molar-refractivity contribution in [3.05, 3.63) is 40.7 Å². The molecule has 18 heavy (non-hydrogen) atoms. The number of nitriles is 1. The third-order valence-corrected chi connectivity index (χ3v) is 3.86. The molecule has 0 aliphatic heterocycles. The summed E-state index contributed by atoms with van der Waals surface area (Å²) in [6, 6.07) is 12.5. The average Bonchev–Trinajstić information content (AvgIpc) is 2.85. The number of rotatable bonds is 4. The summed E-state index contributed by atoms with van der Waals surface area (Å²) in [5.41, 5.74) is 2.15. The summed E-state index contributed by atoms with van der Waals surface area (Å²) in [6.45, 7) is 4.17. The molecule has 0 aliphatic rings. The van der Waals surface area contributed by atoms with E-state index in [1.54, 1.807) is 11.3 Å². The smallest absolute Gasteiger partial charge is 0.0945 e. The molecule has 3 heteroatoms. The standard InChI is InChI=1S/C15H16N2S/c1-11(2)13(9-16)8-15-17-14(10-18-15)12-6-4-3-5-7-12/h3-7,10-11,13H,8H2,1-2H3. The van der Waals surface area contributed by atoms with Gasteiger partial charge >= 0.3 is 0 Å². The van der Waals surface area contributed by atoms with Crippen molar-refractivity contribution in [2.24, 2.45) is 11.8 Å². The predicted octanol–water partition coefficient (Wildman–Crippen LogP) is 4.15. The van der Waals surface area contributed by atoms with Crippen molar-refractivity contribution in [3.8, 4) is 17.3 Å². The Bertz CT molecular complexity index is 537. The van der Waals surface area contributed by atoms with Crippen LogP contribution in [0.2, 0.25) is 0 Å². The SMILES string of the molecule is CC(C)C(C#N)Cc1nc(-c2ccccc2)cs1. The van der Waals surface area contributed by atoms with Crippen molar-refractivity contribution in [3.63, 3.8) is 0 Å². The second-order valence-electron chi connectivity index (χ2n) is 4.68. The van der Waals surface area contributed by atoms with Crippen LogP contribution in [-0.4, -0.2) is 4.98 Å². The van der Waals surface area contributed by atoms with Crippen LogP contribution in [0.3, 0.4) is 0 Å². The van der Waals surface area contributed by atoms with Crippen LogP contribution in [0.25, 0.3) is 11.3 Å². The monoisotopic (exact) mass is 256 g/mol. The summed E-state index contributed by atoms with van der Waals surface area (Å²) in [6.07, 6.45) is 0.756. The second-order valence-corrected chi connectivity index (χ2v) is 5.62. The van der Waals surface area contributed by atoms with E-state index in [2.05, 4.69) is 42.4 Å². The van der Waals surface area contributed by atoms with Crippen LogP contribution in [0.4, 0.5) is 0 Å². The normalized spacial score (nSPS) is 12.3. The molecule has 0 fully saturated rings. The van der Waals surface area contributed by atoms with E-state index in [-0.39, 0.29) is 5.92 Å². The highest BCUT2D eigenvalue weighted by Crippen LogP contribution is 2.24. The lowest BCUT2D eigenvalue weighted by Crippen LogP contribution is -2.09. The quantitative estimate of drug-likeness (QED) is 0.824. The number of benzene rings is 1. The summed E-state index contributed by atoms with van der Waals surface area (Å²) in [7, 11) is 0. The fourth-order valence-corrected chi connectivity index (χ4v) is 2.63. The Kier molecular flexibility index (Phi) is 4.11. The molecule has 0 N–H and O–H groups in total. The summed E-state index contributed by atoms with van der Waals surface area (Å²) in [4.78, 5) is 4.62. The molecule has 2 aromatic rings. The van der Waals surface area contributed by atoms with Crippen molar-refractivity contribution < 1.29 is 0 Å². The predicted molar refractivity (Wildman–Crippen MR) is 75.2 cm³/mol. The fraction of sp³-hybridized carbons (Fsp3) is 0.333. The Hall–Kier alpha value is -1.66. The van der Waals surface area contributed by atoms with Crippen LogP contribution < -0.4 is 0 Å². The molecule has 1 unspecified atom stereocenters. The van der Waals surface area contributed by atoms with Gasteiger partial charge in [-0.25, -0.2) is 4.98 Å². The minimum Gasteiger partial charge on any atom is -0.241 e. The van der Waals surface area contributed by atoms with Crippen LogP contribution in [0.1, 0.15) is 18.9 Å². The maximum Gasteiger partial charge on any atom is 0.0945 e. The first-order chi connectivity index (χ1) is 8.70. The van der Waals surface area contributed by atoms with Gasteiger partial charge in [-0.05, 0) is 5.92 Å². The Morgan fingerprint density at radius 1 is 1.28 bits per heavy atom. The van der Waals surface area contributed by atoms with E-state index in [1.807, 2.05) is 18.2 Å².